The van der Waals surface area contributed by atoms with E-state index in [4.69, 9.17) is 16.3 Å². The first-order valence-corrected chi connectivity index (χ1v) is 7.18. The molecule has 0 aliphatic carbocycles. The van der Waals surface area contributed by atoms with Crippen LogP contribution in [0.3, 0.4) is 0 Å². The minimum Gasteiger partial charge on any atom is -0.438 e. The van der Waals surface area contributed by atoms with E-state index in [2.05, 4.69) is 16.9 Å². The van der Waals surface area contributed by atoms with Crippen LogP contribution in [0, 0.1) is 0 Å². The second-order valence-corrected chi connectivity index (χ2v) is 5.33. The number of aromatic nitrogens is 2. The van der Waals surface area contributed by atoms with Crippen LogP contribution in [0.2, 0.25) is 5.02 Å². The Balaban J connectivity index is 1.99. The quantitative estimate of drug-likeness (QED) is 0.701. The number of nitrogens with zero attached hydrogens (tertiary/aromatic N) is 2. The minimum atomic E-state index is 0.579. The van der Waals surface area contributed by atoms with Gasteiger partial charge in [0.15, 0.2) is 0 Å². The molecule has 0 fully saturated rings. The predicted molar refractivity (Wildman–Crippen MR) is 78.3 cm³/mol. The van der Waals surface area contributed by atoms with Gasteiger partial charge in [-0.1, -0.05) is 18.5 Å². The number of benzene rings is 1. The Morgan fingerprint density at radius 3 is 3.00 bits per heavy atom. The topological polar surface area (TPSA) is 35.0 Å². The van der Waals surface area contributed by atoms with E-state index in [0.29, 0.717) is 5.88 Å². The molecule has 0 saturated carbocycles. The summed E-state index contributed by atoms with van der Waals surface area (Å²) in [7, 11) is 0. The summed E-state index contributed by atoms with van der Waals surface area (Å²) in [5.74, 6) is 1.32. The zero-order valence-electron chi connectivity index (χ0n) is 10.3. The fraction of sp³-hybridized carbons (Fsp3) is 0.143. The summed E-state index contributed by atoms with van der Waals surface area (Å²) in [6, 6.07) is 7.61. The summed E-state index contributed by atoms with van der Waals surface area (Å²) in [5, 5.41) is 3.67. The summed E-state index contributed by atoms with van der Waals surface area (Å²) in [5.41, 5.74) is 1.06. The lowest BCUT2D eigenvalue weighted by Crippen LogP contribution is -1.91. The molecule has 3 aromatic rings. The van der Waals surface area contributed by atoms with Gasteiger partial charge in [-0.2, -0.15) is 0 Å². The van der Waals surface area contributed by atoms with Crippen LogP contribution in [0.15, 0.2) is 36.0 Å². The third-order valence-corrected chi connectivity index (χ3v) is 4.03. The fourth-order valence-electron chi connectivity index (χ4n) is 1.85. The normalized spacial score (nSPS) is 10.8. The molecular formula is C14H11ClN2OS. The summed E-state index contributed by atoms with van der Waals surface area (Å²) < 4.78 is 5.84. The second-order valence-electron chi connectivity index (χ2n) is 4.03. The third-order valence-electron chi connectivity index (χ3n) is 2.84. The molecule has 0 bridgehead atoms. The van der Waals surface area contributed by atoms with Gasteiger partial charge in [-0.15, -0.1) is 11.3 Å². The number of fused-ring (bicyclic) bond motifs is 1. The molecule has 3 nitrogen and oxygen atoms in total. The van der Waals surface area contributed by atoms with E-state index in [1.165, 1.54) is 6.33 Å². The van der Waals surface area contributed by atoms with Crippen LogP contribution >= 0.6 is 22.9 Å². The van der Waals surface area contributed by atoms with Gasteiger partial charge in [0.2, 0.25) is 5.88 Å². The number of aryl methyl sites for hydroxylation is 1. The molecule has 0 aliphatic rings. The highest BCUT2D eigenvalue weighted by Crippen LogP contribution is 2.31. The number of hydrogen-bond donors (Lipinski definition) is 0. The molecular weight excluding hydrogens is 280 g/mol. The largest absolute Gasteiger partial charge is 0.438 e. The third kappa shape index (κ3) is 2.41. The van der Waals surface area contributed by atoms with Gasteiger partial charge in [-0.05, 0) is 41.6 Å². The van der Waals surface area contributed by atoms with Crippen molar-refractivity contribution in [1.82, 2.24) is 9.97 Å². The van der Waals surface area contributed by atoms with E-state index >= 15 is 0 Å². The van der Waals surface area contributed by atoms with Crippen LogP contribution in [-0.4, -0.2) is 9.97 Å². The summed E-state index contributed by atoms with van der Waals surface area (Å²) >= 11 is 7.67. The van der Waals surface area contributed by atoms with Gasteiger partial charge in [-0.25, -0.2) is 9.97 Å². The molecule has 3 rings (SSSR count). The molecule has 2 heterocycles. The Hall–Kier alpha value is -1.65. The van der Waals surface area contributed by atoms with E-state index in [0.717, 1.165) is 33.0 Å². The summed E-state index contributed by atoms with van der Waals surface area (Å²) in [6.45, 7) is 2.06. The Labute approximate surface area is 119 Å². The molecule has 0 spiro atoms. The first-order chi connectivity index (χ1) is 9.28. The van der Waals surface area contributed by atoms with Gasteiger partial charge < -0.3 is 4.74 Å². The molecule has 2 aromatic heterocycles. The lowest BCUT2D eigenvalue weighted by atomic mass is 10.1. The molecule has 5 heteroatoms. The predicted octanol–water partition coefficient (Wildman–Crippen LogP) is 4.70. The van der Waals surface area contributed by atoms with Crippen LogP contribution < -0.4 is 4.74 Å². The molecule has 0 radical (unpaired) electrons. The SMILES string of the molecule is CCc1cc(Oc2ncnc3sccc23)ccc1Cl. The maximum atomic E-state index is 6.10. The molecule has 0 aliphatic heterocycles. The van der Waals surface area contributed by atoms with Crippen molar-refractivity contribution in [3.05, 3.63) is 46.6 Å². The van der Waals surface area contributed by atoms with Crippen molar-refractivity contribution < 1.29 is 4.74 Å². The van der Waals surface area contributed by atoms with E-state index in [1.54, 1.807) is 11.3 Å². The van der Waals surface area contributed by atoms with Crippen LogP contribution in [0.5, 0.6) is 11.6 Å². The van der Waals surface area contributed by atoms with Gasteiger partial charge in [0.1, 0.15) is 16.9 Å². The van der Waals surface area contributed by atoms with Crippen molar-refractivity contribution in [2.45, 2.75) is 13.3 Å². The molecule has 0 amide bonds. The van der Waals surface area contributed by atoms with E-state index in [-0.39, 0.29) is 0 Å². The Kier molecular flexibility index (Phi) is 3.36. The van der Waals surface area contributed by atoms with Crippen molar-refractivity contribution >= 4 is 33.2 Å². The molecule has 0 atom stereocenters. The van der Waals surface area contributed by atoms with Gasteiger partial charge in [0.05, 0.1) is 5.39 Å². The van der Waals surface area contributed by atoms with Crippen LogP contribution in [0.1, 0.15) is 12.5 Å². The molecule has 1 aromatic carbocycles. The average Bonchev–Trinajstić information content (AvgIpc) is 2.90. The van der Waals surface area contributed by atoms with Crippen LogP contribution in [0.25, 0.3) is 10.2 Å². The molecule has 0 N–H and O–H groups in total. The number of rotatable bonds is 3. The molecule has 96 valence electrons. The van der Waals surface area contributed by atoms with E-state index in [9.17, 15) is 0 Å². The van der Waals surface area contributed by atoms with Crippen molar-refractivity contribution in [1.29, 1.82) is 0 Å². The van der Waals surface area contributed by atoms with E-state index in [1.807, 2.05) is 29.6 Å². The molecule has 19 heavy (non-hydrogen) atoms. The van der Waals surface area contributed by atoms with Gasteiger partial charge in [0.25, 0.3) is 0 Å². The van der Waals surface area contributed by atoms with Gasteiger partial charge in [0, 0.05) is 5.02 Å². The lowest BCUT2D eigenvalue weighted by molar-refractivity contribution is 0.468. The maximum Gasteiger partial charge on any atom is 0.231 e. The lowest BCUT2D eigenvalue weighted by Gasteiger charge is -2.08. The zero-order valence-corrected chi connectivity index (χ0v) is 11.8. The number of thiophene rings is 1. The Morgan fingerprint density at radius 1 is 1.26 bits per heavy atom. The second kappa shape index (κ2) is 5.15. The highest BCUT2D eigenvalue weighted by atomic mass is 35.5. The van der Waals surface area contributed by atoms with Crippen molar-refractivity contribution in [3.8, 4) is 11.6 Å². The average molecular weight is 291 g/mol. The Bertz CT molecular complexity index is 726. The smallest absolute Gasteiger partial charge is 0.231 e. The monoisotopic (exact) mass is 290 g/mol. The summed E-state index contributed by atoms with van der Waals surface area (Å²) in [6.07, 6.45) is 2.39. The number of ether oxygens (including phenoxy) is 1. The minimum absolute atomic E-state index is 0.579. The fourth-order valence-corrected chi connectivity index (χ4v) is 2.82. The van der Waals surface area contributed by atoms with Gasteiger partial charge >= 0.3 is 0 Å². The van der Waals surface area contributed by atoms with Crippen LogP contribution in [0.4, 0.5) is 0 Å². The first-order valence-electron chi connectivity index (χ1n) is 5.92. The van der Waals surface area contributed by atoms with Crippen molar-refractivity contribution in [2.75, 3.05) is 0 Å². The van der Waals surface area contributed by atoms with Crippen molar-refractivity contribution in [3.63, 3.8) is 0 Å². The number of halogens is 1. The standard InChI is InChI=1S/C14H11ClN2OS/c1-2-9-7-10(3-4-12(9)15)18-13-11-5-6-19-14(11)17-8-16-13/h3-8H,2H2,1H3. The first kappa shape index (κ1) is 12.4. The van der Waals surface area contributed by atoms with Crippen molar-refractivity contribution in [2.24, 2.45) is 0 Å². The zero-order chi connectivity index (χ0) is 13.2. The summed E-state index contributed by atoms with van der Waals surface area (Å²) in [4.78, 5) is 9.32. The maximum absolute atomic E-state index is 6.10. The molecule has 0 unspecified atom stereocenters. The molecule has 0 saturated heterocycles. The van der Waals surface area contributed by atoms with Gasteiger partial charge in [-0.3, -0.25) is 0 Å². The van der Waals surface area contributed by atoms with Crippen LogP contribution in [-0.2, 0) is 6.42 Å². The number of hydrogen-bond acceptors (Lipinski definition) is 4. The highest BCUT2D eigenvalue weighted by Gasteiger charge is 2.08. The van der Waals surface area contributed by atoms with E-state index < -0.39 is 0 Å². The Morgan fingerprint density at radius 2 is 2.16 bits per heavy atom. The highest BCUT2D eigenvalue weighted by molar-refractivity contribution is 7.16.